The Hall–Kier alpha value is -3.20. The van der Waals surface area contributed by atoms with Crippen molar-refractivity contribution in [3.8, 4) is 0 Å². The fourth-order valence-electron chi connectivity index (χ4n) is 3.45. The number of ether oxygens (including phenoxy) is 1. The molecule has 1 unspecified atom stereocenters. The van der Waals surface area contributed by atoms with E-state index in [-0.39, 0.29) is 17.9 Å². The van der Waals surface area contributed by atoms with Gasteiger partial charge in [-0.3, -0.25) is 14.5 Å². The van der Waals surface area contributed by atoms with Crippen LogP contribution in [0, 0.1) is 0 Å². The van der Waals surface area contributed by atoms with Crippen molar-refractivity contribution < 1.29 is 19.1 Å². The highest BCUT2D eigenvalue weighted by molar-refractivity contribution is 8.00. The van der Waals surface area contributed by atoms with E-state index in [1.807, 2.05) is 12.1 Å². The summed E-state index contributed by atoms with van der Waals surface area (Å²) >= 11 is 1.48. The van der Waals surface area contributed by atoms with Gasteiger partial charge in [-0.25, -0.2) is 4.79 Å². The molecule has 2 heterocycles. The minimum absolute atomic E-state index is 0.0502. The third-order valence-electron chi connectivity index (χ3n) is 4.98. The zero-order chi connectivity index (χ0) is 21.1. The molecule has 0 bridgehead atoms. The predicted molar refractivity (Wildman–Crippen MR) is 116 cm³/mol. The van der Waals surface area contributed by atoms with Crippen LogP contribution >= 0.6 is 11.8 Å². The number of para-hydroxylation sites is 1. The normalized spacial score (nSPS) is 17.9. The molecule has 8 nitrogen and oxygen atoms in total. The van der Waals surface area contributed by atoms with E-state index in [1.54, 1.807) is 35.2 Å². The van der Waals surface area contributed by atoms with Gasteiger partial charge in [-0.2, -0.15) is 0 Å². The molecule has 2 aliphatic heterocycles. The Morgan fingerprint density at radius 2 is 2.10 bits per heavy atom. The second-order valence-corrected chi connectivity index (χ2v) is 8.14. The van der Waals surface area contributed by atoms with Gasteiger partial charge in [0.05, 0.1) is 23.5 Å². The van der Waals surface area contributed by atoms with Gasteiger partial charge in [-0.1, -0.05) is 12.1 Å². The number of benzene rings is 2. The highest BCUT2D eigenvalue weighted by Gasteiger charge is 2.32. The predicted octanol–water partition coefficient (Wildman–Crippen LogP) is 2.85. The van der Waals surface area contributed by atoms with Crippen LogP contribution in [0.3, 0.4) is 0 Å². The van der Waals surface area contributed by atoms with Crippen molar-refractivity contribution in [2.24, 2.45) is 0 Å². The summed E-state index contributed by atoms with van der Waals surface area (Å²) in [5.74, 6) is 0.131. The van der Waals surface area contributed by atoms with Gasteiger partial charge < -0.3 is 21.1 Å². The summed E-state index contributed by atoms with van der Waals surface area (Å²) in [5.41, 5.74) is 8.11. The number of nitrogen functional groups attached to an aromatic ring is 1. The molecule has 1 saturated heterocycles. The summed E-state index contributed by atoms with van der Waals surface area (Å²) in [7, 11) is 0. The van der Waals surface area contributed by atoms with Gasteiger partial charge in [0.15, 0.2) is 0 Å². The van der Waals surface area contributed by atoms with Crippen LogP contribution in [-0.2, 0) is 9.53 Å². The lowest BCUT2D eigenvalue weighted by atomic mass is 10.1. The van der Waals surface area contributed by atoms with Crippen LogP contribution in [0.15, 0.2) is 47.4 Å². The molecule has 0 saturated carbocycles. The summed E-state index contributed by atoms with van der Waals surface area (Å²) in [6.45, 7) is 0.890. The summed E-state index contributed by atoms with van der Waals surface area (Å²) in [6.07, 6.45) is 0.637. The maximum absolute atomic E-state index is 12.3. The molecule has 156 valence electrons. The average Bonchev–Trinajstić information content (AvgIpc) is 3.11. The summed E-state index contributed by atoms with van der Waals surface area (Å²) < 4.78 is 5.47. The molecule has 2 aromatic rings. The van der Waals surface area contributed by atoms with E-state index in [4.69, 9.17) is 10.5 Å². The van der Waals surface area contributed by atoms with E-state index >= 15 is 0 Å². The number of hydrogen-bond acceptors (Lipinski definition) is 6. The van der Waals surface area contributed by atoms with Crippen molar-refractivity contribution in [2.45, 2.75) is 23.8 Å². The lowest BCUT2D eigenvalue weighted by molar-refractivity contribution is -0.113. The lowest BCUT2D eigenvalue weighted by Gasteiger charge is -2.20. The molecule has 2 aliphatic rings. The minimum Gasteiger partial charge on any atom is -0.444 e. The van der Waals surface area contributed by atoms with Gasteiger partial charge in [0.25, 0.3) is 5.91 Å². The van der Waals surface area contributed by atoms with Crippen LogP contribution in [0.2, 0.25) is 0 Å². The van der Waals surface area contributed by atoms with Crippen LogP contribution in [0.4, 0.5) is 21.9 Å². The number of nitrogens with two attached hydrogens (primary N) is 1. The fourth-order valence-corrected chi connectivity index (χ4v) is 4.24. The number of cyclic esters (lactones) is 1. The quantitative estimate of drug-likeness (QED) is 0.483. The molecule has 3 amide bonds. The largest absolute Gasteiger partial charge is 0.444 e. The van der Waals surface area contributed by atoms with Gasteiger partial charge in [0.1, 0.15) is 6.10 Å². The number of nitrogens with one attached hydrogen (secondary N) is 2. The molecule has 1 fully saturated rings. The van der Waals surface area contributed by atoms with Gasteiger partial charge in [0, 0.05) is 22.8 Å². The highest BCUT2D eigenvalue weighted by atomic mass is 32.2. The van der Waals surface area contributed by atoms with E-state index in [1.165, 1.54) is 11.8 Å². The zero-order valence-corrected chi connectivity index (χ0v) is 17.0. The third-order valence-corrected chi connectivity index (χ3v) is 6.05. The van der Waals surface area contributed by atoms with E-state index in [0.29, 0.717) is 54.3 Å². The number of rotatable bonds is 6. The average molecular weight is 426 g/mol. The Morgan fingerprint density at radius 3 is 2.93 bits per heavy atom. The maximum Gasteiger partial charge on any atom is 0.414 e. The fraction of sp³-hybridized carbons (Fsp3) is 0.286. The minimum atomic E-state index is -0.407. The Bertz CT molecular complexity index is 997. The first-order chi connectivity index (χ1) is 14.5. The van der Waals surface area contributed by atoms with E-state index in [0.717, 1.165) is 4.90 Å². The molecular weight excluding hydrogens is 404 g/mol. The Balaban J connectivity index is 1.28. The van der Waals surface area contributed by atoms with Crippen molar-refractivity contribution in [3.05, 3.63) is 48.0 Å². The zero-order valence-electron chi connectivity index (χ0n) is 16.2. The highest BCUT2D eigenvalue weighted by Crippen LogP contribution is 2.35. The molecule has 0 spiro atoms. The number of thioether (sulfide) groups is 1. The molecular formula is C21H22N4O4S. The van der Waals surface area contributed by atoms with E-state index in [2.05, 4.69) is 10.6 Å². The standard InChI is InChI=1S/C21H22N4O4S/c22-16-6-2-1-5-15(16)20(27)23-9-3-4-14-11-25(21(28)29-14)13-7-8-18-17(10-13)24-19(26)12-30-18/h1-2,5-8,10,14H,3-4,9,11-12,22H2,(H,23,27)(H,24,26). The Kier molecular flexibility index (Phi) is 5.80. The maximum atomic E-state index is 12.3. The van der Waals surface area contributed by atoms with Gasteiger partial charge >= 0.3 is 6.09 Å². The number of carbonyl (C=O) groups is 3. The molecule has 9 heteroatoms. The molecule has 4 rings (SSSR count). The summed E-state index contributed by atoms with van der Waals surface area (Å²) in [4.78, 5) is 38.6. The van der Waals surface area contributed by atoms with Gasteiger partial charge in [-0.05, 0) is 43.2 Å². The van der Waals surface area contributed by atoms with Crippen molar-refractivity contribution in [3.63, 3.8) is 0 Å². The first-order valence-corrected chi connectivity index (χ1v) is 10.7. The topological polar surface area (TPSA) is 114 Å². The Labute approximate surface area is 178 Å². The third kappa shape index (κ3) is 4.35. The number of hydrogen-bond donors (Lipinski definition) is 3. The van der Waals surface area contributed by atoms with Gasteiger partial charge in [-0.15, -0.1) is 11.8 Å². The molecule has 0 radical (unpaired) electrons. The molecule has 30 heavy (non-hydrogen) atoms. The van der Waals surface area contributed by atoms with Crippen molar-refractivity contribution in [1.82, 2.24) is 5.32 Å². The summed E-state index contributed by atoms with van der Waals surface area (Å²) in [5, 5.41) is 5.67. The second kappa shape index (κ2) is 8.66. The van der Waals surface area contributed by atoms with Crippen molar-refractivity contribution in [1.29, 1.82) is 0 Å². The van der Waals surface area contributed by atoms with Crippen molar-refractivity contribution >= 4 is 46.7 Å². The summed E-state index contributed by atoms with van der Waals surface area (Å²) in [6, 6.07) is 12.5. The lowest BCUT2D eigenvalue weighted by Crippen LogP contribution is -2.27. The molecule has 2 aromatic carbocycles. The molecule has 0 aromatic heterocycles. The number of nitrogens with zero attached hydrogens (tertiary/aromatic N) is 1. The van der Waals surface area contributed by atoms with E-state index < -0.39 is 6.09 Å². The SMILES string of the molecule is Nc1ccccc1C(=O)NCCCC1CN(c2ccc3c(c2)NC(=O)CS3)C(=O)O1. The molecule has 0 aliphatic carbocycles. The van der Waals surface area contributed by atoms with Crippen LogP contribution < -0.4 is 21.3 Å². The second-order valence-electron chi connectivity index (χ2n) is 7.12. The molecule has 1 atom stereocenters. The first-order valence-electron chi connectivity index (χ1n) is 9.69. The van der Waals surface area contributed by atoms with E-state index in [9.17, 15) is 14.4 Å². The van der Waals surface area contributed by atoms with Crippen LogP contribution in [0.5, 0.6) is 0 Å². The van der Waals surface area contributed by atoms with Gasteiger partial charge in [0.2, 0.25) is 5.91 Å². The monoisotopic (exact) mass is 426 g/mol. The smallest absolute Gasteiger partial charge is 0.414 e. The number of fused-ring (bicyclic) bond motifs is 1. The number of carbonyl (C=O) groups excluding carboxylic acids is 3. The van der Waals surface area contributed by atoms with Crippen LogP contribution in [-0.4, -0.2) is 42.9 Å². The van der Waals surface area contributed by atoms with Crippen LogP contribution in [0.25, 0.3) is 0 Å². The first kappa shape index (κ1) is 20.1. The number of amides is 3. The van der Waals surface area contributed by atoms with Crippen molar-refractivity contribution in [2.75, 3.05) is 34.8 Å². The molecule has 4 N–H and O–H groups in total. The number of anilines is 3. The Morgan fingerprint density at radius 1 is 1.27 bits per heavy atom. The van der Waals surface area contributed by atoms with Crippen LogP contribution in [0.1, 0.15) is 23.2 Å².